The van der Waals surface area contributed by atoms with Gasteiger partial charge in [0.15, 0.2) is 0 Å². The lowest BCUT2D eigenvalue weighted by Crippen LogP contribution is -2.23. The molecule has 1 amide bonds. The summed E-state index contributed by atoms with van der Waals surface area (Å²) in [4.78, 5) is 24.2. The van der Waals surface area contributed by atoms with Crippen molar-refractivity contribution in [3.63, 3.8) is 0 Å². The second-order valence-electron chi connectivity index (χ2n) is 7.25. The quantitative estimate of drug-likeness (QED) is 0.346. The number of aromatic nitrogens is 1. The molecule has 0 bridgehead atoms. The fourth-order valence-electron chi connectivity index (χ4n) is 3.49. The highest BCUT2D eigenvalue weighted by Crippen LogP contribution is 2.41. The van der Waals surface area contributed by atoms with Crippen LogP contribution in [0, 0.1) is 0 Å². The van der Waals surface area contributed by atoms with Crippen molar-refractivity contribution in [1.29, 1.82) is 0 Å². The first-order valence-electron chi connectivity index (χ1n) is 10.1. The van der Waals surface area contributed by atoms with E-state index in [1.165, 1.54) is 0 Å². The number of halogens is 1. The van der Waals surface area contributed by atoms with Gasteiger partial charge < -0.3 is 5.32 Å². The van der Waals surface area contributed by atoms with Gasteiger partial charge in [-0.15, -0.1) is 0 Å². The Morgan fingerprint density at radius 3 is 2.53 bits per heavy atom. The van der Waals surface area contributed by atoms with Gasteiger partial charge in [0.05, 0.1) is 23.6 Å². The normalized spacial score (nSPS) is 12.2. The number of carbonyl (C=O) groups excluding carboxylic acids is 1. The third-order valence-corrected chi connectivity index (χ3v) is 6.48. The maximum absolute atomic E-state index is 12.8. The summed E-state index contributed by atoms with van der Waals surface area (Å²) in [6.45, 7) is 0.371. The summed E-state index contributed by atoms with van der Waals surface area (Å²) in [5.41, 5.74) is 5.02. The molecule has 0 fully saturated rings. The van der Waals surface area contributed by atoms with E-state index in [4.69, 9.17) is 16.6 Å². The lowest BCUT2D eigenvalue weighted by molar-refractivity contribution is 0.0950. The van der Waals surface area contributed by atoms with Crippen LogP contribution in [-0.4, -0.2) is 16.6 Å². The van der Waals surface area contributed by atoms with Crippen LogP contribution in [0.4, 0.5) is 5.69 Å². The maximum atomic E-state index is 12.8. The van der Waals surface area contributed by atoms with Crippen LogP contribution in [0.5, 0.6) is 0 Å². The van der Waals surface area contributed by atoms with Crippen molar-refractivity contribution >= 4 is 40.7 Å². The van der Waals surface area contributed by atoms with Crippen molar-refractivity contribution in [2.24, 2.45) is 4.99 Å². The minimum Gasteiger partial charge on any atom is -0.346 e. The summed E-state index contributed by atoms with van der Waals surface area (Å²) >= 11 is 7.75. The van der Waals surface area contributed by atoms with Crippen molar-refractivity contribution in [3.8, 4) is 0 Å². The van der Waals surface area contributed by atoms with Crippen molar-refractivity contribution in [2.75, 3.05) is 0 Å². The Balaban J connectivity index is 1.51. The van der Waals surface area contributed by atoms with Gasteiger partial charge in [0, 0.05) is 37.7 Å². The molecule has 5 rings (SSSR count). The number of nitrogens with zero attached hydrogens (tertiary/aromatic N) is 2. The Hall–Kier alpha value is -3.41. The molecule has 1 aliphatic heterocycles. The molecule has 0 spiro atoms. The highest BCUT2D eigenvalue weighted by molar-refractivity contribution is 7.99. The number of aliphatic imine (C=N–C) groups is 1. The minimum absolute atomic E-state index is 0.159. The lowest BCUT2D eigenvalue weighted by Gasteiger charge is -2.09. The molecule has 6 heteroatoms. The van der Waals surface area contributed by atoms with Crippen molar-refractivity contribution in [3.05, 3.63) is 119 Å². The molecule has 2 heterocycles. The van der Waals surface area contributed by atoms with Crippen LogP contribution in [0.2, 0.25) is 5.02 Å². The molecule has 4 aromatic rings. The number of benzene rings is 3. The third-order valence-electron chi connectivity index (χ3n) is 5.09. The molecular weight excluding hydrogens is 438 g/mol. The van der Waals surface area contributed by atoms with Crippen molar-refractivity contribution in [2.45, 2.75) is 16.3 Å². The van der Waals surface area contributed by atoms with Gasteiger partial charge in [-0.2, -0.15) is 0 Å². The highest BCUT2D eigenvalue weighted by atomic mass is 35.5. The summed E-state index contributed by atoms with van der Waals surface area (Å²) in [7, 11) is 0. The van der Waals surface area contributed by atoms with Crippen LogP contribution in [0.3, 0.4) is 0 Å². The molecule has 0 saturated heterocycles. The number of hydrogen-bond donors (Lipinski definition) is 1. The van der Waals surface area contributed by atoms with E-state index >= 15 is 0 Å². The Bertz CT molecular complexity index is 1320. The van der Waals surface area contributed by atoms with E-state index in [9.17, 15) is 4.79 Å². The SMILES string of the molecule is O=C(NCc1ccccn1)c1ccc2c(c1)N=C(c1ccc(Cl)cc1)c1ccccc1S2. The lowest BCUT2D eigenvalue weighted by atomic mass is 10.0. The zero-order valence-electron chi connectivity index (χ0n) is 17.0. The molecule has 0 saturated carbocycles. The Kier molecular flexibility index (Phi) is 5.75. The number of carbonyl (C=O) groups is 1. The average Bonchev–Trinajstić information content (AvgIpc) is 3.00. The highest BCUT2D eigenvalue weighted by Gasteiger charge is 2.20. The largest absolute Gasteiger partial charge is 0.346 e. The van der Waals surface area contributed by atoms with Crippen LogP contribution in [0.1, 0.15) is 27.2 Å². The van der Waals surface area contributed by atoms with Gasteiger partial charge >= 0.3 is 0 Å². The Morgan fingerprint density at radius 2 is 1.72 bits per heavy atom. The summed E-state index contributed by atoms with van der Waals surface area (Å²) in [6, 6.07) is 27.1. The van der Waals surface area contributed by atoms with Gasteiger partial charge in [-0.25, -0.2) is 4.99 Å². The predicted molar refractivity (Wildman–Crippen MR) is 129 cm³/mol. The molecule has 3 aromatic carbocycles. The van der Waals surface area contributed by atoms with Gasteiger partial charge in [-0.05, 0) is 48.5 Å². The monoisotopic (exact) mass is 455 g/mol. The zero-order valence-corrected chi connectivity index (χ0v) is 18.5. The fraction of sp³-hybridized carbons (Fsp3) is 0.0385. The number of rotatable bonds is 4. The molecule has 1 aromatic heterocycles. The van der Waals surface area contributed by atoms with Crippen LogP contribution in [-0.2, 0) is 6.54 Å². The Morgan fingerprint density at radius 1 is 0.906 bits per heavy atom. The van der Waals surface area contributed by atoms with Gasteiger partial charge in [-0.3, -0.25) is 9.78 Å². The summed E-state index contributed by atoms with van der Waals surface area (Å²) in [5, 5.41) is 3.61. The molecule has 1 N–H and O–H groups in total. The van der Waals surface area contributed by atoms with Crippen molar-refractivity contribution in [1.82, 2.24) is 10.3 Å². The first kappa shape index (κ1) is 20.5. The predicted octanol–water partition coefficient (Wildman–Crippen LogP) is 6.30. The molecule has 4 nitrogen and oxygen atoms in total. The first-order valence-corrected chi connectivity index (χ1v) is 11.3. The number of amides is 1. The van der Waals surface area contributed by atoms with E-state index in [0.29, 0.717) is 17.1 Å². The van der Waals surface area contributed by atoms with E-state index in [2.05, 4.69) is 22.4 Å². The summed E-state index contributed by atoms with van der Waals surface area (Å²) in [5.74, 6) is -0.159. The van der Waals surface area contributed by atoms with E-state index in [-0.39, 0.29) is 5.91 Å². The molecule has 0 aliphatic carbocycles. The second-order valence-corrected chi connectivity index (χ2v) is 8.77. The first-order chi connectivity index (χ1) is 15.7. The number of fused-ring (bicyclic) bond motifs is 2. The second kappa shape index (κ2) is 8.99. The Labute approximate surface area is 195 Å². The summed E-state index contributed by atoms with van der Waals surface area (Å²) in [6.07, 6.45) is 1.71. The summed E-state index contributed by atoms with van der Waals surface area (Å²) < 4.78 is 0. The van der Waals surface area contributed by atoms with E-state index in [0.717, 1.165) is 38.0 Å². The molecule has 1 aliphatic rings. The van der Waals surface area contributed by atoms with Crippen molar-refractivity contribution < 1.29 is 4.79 Å². The van der Waals surface area contributed by atoms with Crippen LogP contribution in [0.15, 0.2) is 106 Å². The molecule has 0 atom stereocenters. The molecular formula is C26H18ClN3OS. The van der Waals surface area contributed by atoms with Gasteiger partial charge in [0.25, 0.3) is 5.91 Å². The molecule has 156 valence electrons. The van der Waals surface area contributed by atoms with Gasteiger partial charge in [-0.1, -0.05) is 59.8 Å². The van der Waals surface area contributed by atoms with Crippen LogP contribution < -0.4 is 5.32 Å². The van der Waals surface area contributed by atoms with Crippen LogP contribution >= 0.6 is 23.4 Å². The van der Waals surface area contributed by atoms with E-state index < -0.39 is 0 Å². The third kappa shape index (κ3) is 4.31. The topological polar surface area (TPSA) is 54.4 Å². The zero-order chi connectivity index (χ0) is 21.9. The maximum Gasteiger partial charge on any atom is 0.251 e. The average molecular weight is 456 g/mol. The van der Waals surface area contributed by atoms with Crippen LogP contribution in [0.25, 0.3) is 0 Å². The van der Waals surface area contributed by atoms with E-state index in [1.54, 1.807) is 18.0 Å². The number of hydrogen-bond acceptors (Lipinski definition) is 4. The van der Waals surface area contributed by atoms with E-state index in [1.807, 2.05) is 72.8 Å². The number of pyridine rings is 1. The molecule has 0 unspecified atom stereocenters. The smallest absolute Gasteiger partial charge is 0.251 e. The standard InChI is InChI=1S/C26H18ClN3OS/c27-19-11-8-17(9-12-19)25-21-6-1-2-7-23(21)32-24-13-10-18(15-22(24)30-25)26(31)29-16-20-5-3-4-14-28-20/h1-15H,16H2,(H,29,31). The number of nitrogens with one attached hydrogen (secondary N) is 1. The molecule has 0 radical (unpaired) electrons. The van der Waals surface area contributed by atoms with Gasteiger partial charge in [0.1, 0.15) is 0 Å². The minimum atomic E-state index is -0.159. The van der Waals surface area contributed by atoms with Gasteiger partial charge in [0.2, 0.25) is 0 Å². The molecule has 32 heavy (non-hydrogen) atoms. The fourth-order valence-corrected chi connectivity index (χ4v) is 4.62.